The van der Waals surface area contributed by atoms with Crippen molar-refractivity contribution in [2.75, 3.05) is 0 Å². The van der Waals surface area contributed by atoms with Gasteiger partial charge in [-0.15, -0.1) is 13.2 Å². The number of rotatable bonds is 9. The Balaban J connectivity index is 1.52. The molecule has 1 amide bonds. The summed E-state index contributed by atoms with van der Waals surface area (Å²) in [6.45, 7) is 1.83. The largest absolute Gasteiger partial charge is 0.573 e. The second-order valence-corrected chi connectivity index (χ2v) is 10.1. The van der Waals surface area contributed by atoms with Gasteiger partial charge in [0.15, 0.2) is 0 Å². The minimum Gasteiger partial charge on any atom is -0.478 e. The molecule has 1 atom stereocenters. The van der Waals surface area contributed by atoms with Crippen LogP contribution in [0.5, 0.6) is 5.75 Å². The van der Waals surface area contributed by atoms with E-state index in [1.807, 2.05) is 31.2 Å². The number of benzene rings is 4. The Morgan fingerprint density at radius 2 is 1.74 bits per heavy atom. The molecule has 0 saturated heterocycles. The number of carboxylic acids is 1. The van der Waals surface area contributed by atoms with Gasteiger partial charge in [-0.3, -0.25) is 4.79 Å². The molecule has 220 valence electrons. The van der Waals surface area contributed by atoms with E-state index >= 15 is 0 Å². The van der Waals surface area contributed by atoms with Crippen LogP contribution in [0.1, 0.15) is 52.1 Å². The van der Waals surface area contributed by atoms with Gasteiger partial charge in [-0.25, -0.2) is 9.78 Å². The van der Waals surface area contributed by atoms with Crippen molar-refractivity contribution in [3.63, 3.8) is 0 Å². The van der Waals surface area contributed by atoms with E-state index in [1.54, 1.807) is 24.3 Å². The van der Waals surface area contributed by atoms with Crippen LogP contribution < -0.4 is 10.1 Å². The minimum atomic E-state index is -4.91. The van der Waals surface area contributed by atoms with E-state index in [9.17, 15) is 27.9 Å². The number of para-hydroxylation sites is 3. The van der Waals surface area contributed by atoms with Crippen molar-refractivity contribution in [1.82, 2.24) is 15.3 Å². The zero-order chi connectivity index (χ0) is 30.7. The Labute approximate surface area is 249 Å². The highest BCUT2D eigenvalue weighted by Crippen LogP contribution is 2.39. The summed E-state index contributed by atoms with van der Waals surface area (Å²) < 4.78 is 43.3. The predicted octanol–water partition coefficient (Wildman–Crippen LogP) is 8.42. The highest BCUT2D eigenvalue weighted by molar-refractivity contribution is 6.34. The summed E-state index contributed by atoms with van der Waals surface area (Å²) in [5.74, 6) is -1.90. The van der Waals surface area contributed by atoms with Crippen LogP contribution in [0.2, 0.25) is 5.02 Å². The first-order valence-corrected chi connectivity index (χ1v) is 13.7. The van der Waals surface area contributed by atoms with Gasteiger partial charge in [-0.2, -0.15) is 0 Å². The third-order valence-electron chi connectivity index (χ3n) is 6.84. The lowest BCUT2D eigenvalue weighted by atomic mass is 9.93. The van der Waals surface area contributed by atoms with Gasteiger partial charge in [-0.1, -0.05) is 73.5 Å². The van der Waals surface area contributed by atoms with Gasteiger partial charge in [0.25, 0.3) is 5.91 Å². The summed E-state index contributed by atoms with van der Waals surface area (Å²) >= 11 is 6.62. The number of halogens is 4. The number of aromatic amines is 1. The summed E-state index contributed by atoms with van der Waals surface area (Å²) in [7, 11) is 0. The number of aromatic carboxylic acids is 1. The summed E-state index contributed by atoms with van der Waals surface area (Å²) in [5, 5.41) is 13.2. The maximum absolute atomic E-state index is 13.4. The fraction of sp³-hybridized carbons (Fsp3) is 0.156. The van der Waals surface area contributed by atoms with Crippen molar-refractivity contribution in [3.8, 4) is 28.3 Å². The lowest BCUT2D eigenvalue weighted by Crippen LogP contribution is -2.29. The monoisotopic (exact) mass is 607 g/mol. The topological polar surface area (TPSA) is 104 Å². The number of nitrogens with zero attached hydrogens (tertiary/aromatic N) is 1. The number of carbonyl (C=O) groups excluding carboxylic acids is 1. The first-order chi connectivity index (χ1) is 20.6. The molecule has 1 aromatic heterocycles. The molecule has 1 heterocycles. The van der Waals surface area contributed by atoms with Gasteiger partial charge in [0.2, 0.25) is 0 Å². The van der Waals surface area contributed by atoms with Crippen LogP contribution in [0, 0.1) is 0 Å². The van der Waals surface area contributed by atoms with Crippen LogP contribution in [0.3, 0.4) is 0 Å². The van der Waals surface area contributed by atoms with Crippen molar-refractivity contribution < 1.29 is 32.6 Å². The first-order valence-electron chi connectivity index (χ1n) is 13.3. The summed E-state index contributed by atoms with van der Waals surface area (Å²) in [4.78, 5) is 33.7. The van der Waals surface area contributed by atoms with E-state index in [4.69, 9.17) is 11.6 Å². The lowest BCUT2D eigenvalue weighted by molar-refractivity contribution is -0.275. The van der Waals surface area contributed by atoms with Crippen LogP contribution in [0.4, 0.5) is 13.2 Å². The number of amides is 1. The summed E-state index contributed by atoms with van der Waals surface area (Å²) in [6, 6.07) is 21.5. The van der Waals surface area contributed by atoms with Crippen LogP contribution in [0.15, 0.2) is 84.9 Å². The fourth-order valence-electron chi connectivity index (χ4n) is 4.98. The number of carboxylic acid groups (broad SMARTS) is 1. The molecule has 0 unspecified atom stereocenters. The van der Waals surface area contributed by atoms with Crippen molar-refractivity contribution >= 4 is 34.5 Å². The summed E-state index contributed by atoms with van der Waals surface area (Å²) in [5.41, 5.74) is 2.72. The number of H-pyrrole nitrogens is 1. The average molecular weight is 608 g/mol. The smallest absolute Gasteiger partial charge is 0.478 e. The SMILES string of the molecule is CCC[C@H](NC(=O)c1ccc(-c2c(Cl)cccc2-c2nc3ccccc3[nH]2)c(C(=O)O)c1)c1ccccc1OC(F)(F)F. The van der Waals surface area contributed by atoms with E-state index in [2.05, 4.69) is 20.0 Å². The maximum atomic E-state index is 13.4. The Bertz CT molecular complexity index is 1790. The quantitative estimate of drug-likeness (QED) is 0.156. The number of fused-ring (bicyclic) bond motifs is 1. The Kier molecular flexibility index (Phi) is 8.40. The number of carbonyl (C=O) groups is 2. The third-order valence-corrected chi connectivity index (χ3v) is 7.16. The molecule has 3 N–H and O–H groups in total. The molecule has 5 rings (SSSR count). The van der Waals surface area contributed by atoms with Crippen molar-refractivity contribution in [3.05, 3.63) is 107 Å². The molecule has 43 heavy (non-hydrogen) atoms. The number of imidazole rings is 1. The zero-order valence-corrected chi connectivity index (χ0v) is 23.5. The minimum absolute atomic E-state index is 0.00816. The van der Waals surface area contributed by atoms with Crippen molar-refractivity contribution in [1.29, 1.82) is 0 Å². The van der Waals surface area contributed by atoms with Gasteiger partial charge >= 0.3 is 12.3 Å². The lowest BCUT2D eigenvalue weighted by Gasteiger charge is -2.22. The first kappa shape index (κ1) is 29.7. The fourth-order valence-corrected chi connectivity index (χ4v) is 5.25. The van der Waals surface area contributed by atoms with Gasteiger partial charge in [0.1, 0.15) is 11.6 Å². The molecule has 0 radical (unpaired) electrons. The average Bonchev–Trinajstić information content (AvgIpc) is 3.40. The standard InChI is InChI=1S/C32H25ClF3N3O4/c1-2-8-24(20-9-3-6-14-27(20)43-32(34,35)36)39-30(40)18-15-16-19(22(17-18)31(41)42)28-21(10-7-11-23(28)33)29-37-25-12-4-5-13-26(25)38-29/h3-7,9-17,24H,2,8H2,1H3,(H,37,38)(H,39,40)(H,41,42)/t24-/m0/s1. The normalized spacial score (nSPS) is 12.2. The molecular formula is C32H25ClF3N3O4. The molecule has 11 heteroatoms. The molecule has 0 aliphatic carbocycles. The predicted molar refractivity (Wildman–Crippen MR) is 157 cm³/mol. The molecule has 0 saturated carbocycles. The molecular weight excluding hydrogens is 583 g/mol. The zero-order valence-electron chi connectivity index (χ0n) is 22.7. The van der Waals surface area contributed by atoms with Gasteiger partial charge < -0.3 is 20.1 Å². The van der Waals surface area contributed by atoms with Gasteiger partial charge in [0, 0.05) is 27.3 Å². The molecule has 4 aromatic carbocycles. The Hall–Kier alpha value is -4.83. The molecule has 0 fully saturated rings. The molecule has 5 aromatic rings. The maximum Gasteiger partial charge on any atom is 0.573 e. The van der Waals surface area contributed by atoms with E-state index in [-0.39, 0.29) is 27.3 Å². The number of hydrogen-bond acceptors (Lipinski definition) is 4. The number of hydrogen-bond donors (Lipinski definition) is 3. The summed E-state index contributed by atoms with van der Waals surface area (Å²) in [6.07, 6.45) is -4.06. The molecule has 0 aliphatic rings. The number of ether oxygens (including phenoxy) is 1. The van der Waals surface area contributed by atoms with Crippen LogP contribution in [-0.2, 0) is 0 Å². The van der Waals surface area contributed by atoms with Crippen LogP contribution in [0.25, 0.3) is 33.5 Å². The van der Waals surface area contributed by atoms with Gasteiger partial charge in [0.05, 0.1) is 22.6 Å². The Morgan fingerprint density at radius 1 is 1.00 bits per heavy atom. The van der Waals surface area contributed by atoms with E-state index < -0.39 is 30.0 Å². The second kappa shape index (κ2) is 12.2. The van der Waals surface area contributed by atoms with Gasteiger partial charge in [-0.05, 0) is 48.4 Å². The highest BCUT2D eigenvalue weighted by atomic mass is 35.5. The van der Waals surface area contributed by atoms with E-state index in [0.717, 1.165) is 11.0 Å². The van der Waals surface area contributed by atoms with E-state index in [1.165, 1.54) is 36.4 Å². The Morgan fingerprint density at radius 3 is 2.47 bits per heavy atom. The number of nitrogens with one attached hydrogen (secondary N) is 2. The van der Waals surface area contributed by atoms with E-state index in [0.29, 0.717) is 29.8 Å². The third kappa shape index (κ3) is 6.49. The number of aromatic nitrogens is 2. The van der Waals surface area contributed by atoms with Crippen LogP contribution >= 0.6 is 11.6 Å². The van der Waals surface area contributed by atoms with Crippen LogP contribution in [-0.4, -0.2) is 33.3 Å². The molecule has 0 aliphatic heterocycles. The molecule has 7 nitrogen and oxygen atoms in total. The highest BCUT2D eigenvalue weighted by Gasteiger charge is 2.33. The number of alkyl halides is 3. The van der Waals surface area contributed by atoms with Crippen molar-refractivity contribution in [2.24, 2.45) is 0 Å². The molecule has 0 spiro atoms. The van der Waals surface area contributed by atoms with Crippen molar-refractivity contribution in [2.45, 2.75) is 32.2 Å². The second-order valence-electron chi connectivity index (χ2n) is 9.73. The molecule has 0 bridgehead atoms.